The number of nitrogens with zero attached hydrogens (tertiary/aromatic N) is 3. The topological polar surface area (TPSA) is 67.4 Å². The van der Waals surface area contributed by atoms with E-state index in [2.05, 4.69) is 15.3 Å². The lowest BCUT2D eigenvalue weighted by Gasteiger charge is -2.35. The van der Waals surface area contributed by atoms with Gasteiger partial charge in [-0.3, -0.25) is 14.8 Å². The Morgan fingerprint density at radius 2 is 2.30 bits per heavy atom. The first-order valence-electron chi connectivity index (χ1n) is 7.00. The van der Waals surface area contributed by atoms with Crippen LogP contribution in [-0.2, 0) is 16.0 Å². The number of rotatable bonds is 5. The summed E-state index contributed by atoms with van der Waals surface area (Å²) < 4.78 is 5.51. The molecule has 2 rings (SSSR count). The third-order valence-electron chi connectivity index (χ3n) is 3.57. The molecule has 0 spiro atoms. The molecule has 0 unspecified atom stereocenters. The molecule has 1 atom stereocenters. The molecule has 2 heterocycles. The van der Waals surface area contributed by atoms with Crippen molar-refractivity contribution in [2.24, 2.45) is 0 Å². The van der Waals surface area contributed by atoms with Crippen LogP contribution in [-0.4, -0.2) is 60.2 Å². The highest BCUT2D eigenvalue weighted by Gasteiger charge is 2.26. The van der Waals surface area contributed by atoms with Gasteiger partial charge in [-0.1, -0.05) is 0 Å². The van der Waals surface area contributed by atoms with Gasteiger partial charge in [-0.2, -0.15) is 0 Å². The van der Waals surface area contributed by atoms with Crippen molar-refractivity contribution in [2.45, 2.75) is 25.8 Å². The summed E-state index contributed by atoms with van der Waals surface area (Å²) in [6.45, 7) is 4.24. The fraction of sp³-hybridized carbons (Fsp3) is 0.643. The number of carbonyl (C=O) groups excluding carboxylic acids is 1. The molecule has 1 aromatic heterocycles. The number of nitrogens with one attached hydrogen (secondary N) is 1. The average molecular weight is 278 g/mol. The minimum absolute atomic E-state index is 0.131. The zero-order valence-electron chi connectivity index (χ0n) is 12.1. The van der Waals surface area contributed by atoms with E-state index in [-0.39, 0.29) is 11.9 Å². The van der Waals surface area contributed by atoms with E-state index < -0.39 is 0 Å². The van der Waals surface area contributed by atoms with Crippen LogP contribution in [0.15, 0.2) is 12.4 Å². The van der Waals surface area contributed by atoms with Gasteiger partial charge >= 0.3 is 0 Å². The Labute approximate surface area is 119 Å². The Morgan fingerprint density at radius 1 is 1.50 bits per heavy atom. The van der Waals surface area contributed by atoms with Crippen LogP contribution in [0.2, 0.25) is 0 Å². The summed E-state index contributed by atoms with van der Waals surface area (Å²) in [5.74, 6) is 0.136. The van der Waals surface area contributed by atoms with Crippen LogP contribution in [0.4, 0.5) is 0 Å². The summed E-state index contributed by atoms with van der Waals surface area (Å²) in [6.07, 6.45) is 5.08. The van der Waals surface area contributed by atoms with Gasteiger partial charge in [0.25, 0.3) is 0 Å². The number of hydrogen-bond donors (Lipinski definition) is 1. The first-order chi connectivity index (χ1) is 9.72. The normalized spacial score (nSPS) is 19.1. The SMILES string of the molecule is CNCC(=O)N1CCOC[C@H]1CCc1nccnc1C. The van der Waals surface area contributed by atoms with Crippen molar-refractivity contribution in [2.75, 3.05) is 33.4 Å². The number of aryl methyl sites for hydroxylation is 2. The molecule has 0 radical (unpaired) electrons. The van der Waals surface area contributed by atoms with E-state index in [9.17, 15) is 4.79 Å². The third-order valence-corrected chi connectivity index (χ3v) is 3.57. The van der Waals surface area contributed by atoms with E-state index in [1.54, 1.807) is 19.4 Å². The molecule has 1 aliphatic rings. The first-order valence-corrected chi connectivity index (χ1v) is 7.00. The molecular weight excluding hydrogens is 256 g/mol. The van der Waals surface area contributed by atoms with E-state index in [4.69, 9.17) is 4.74 Å². The molecule has 110 valence electrons. The standard InChI is InChI=1S/C14H22N4O2/c1-11-13(17-6-5-16-11)4-3-12-10-20-8-7-18(12)14(19)9-15-2/h5-6,12,15H,3-4,7-10H2,1-2H3/t12-/m1/s1. The quantitative estimate of drug-likeness (QED) is 0.831. The van der Waals surface area contributed by atoms with Crippen molar-refractivity contribution >= 4 is 5.91 Å². The van der Waals surface area contributed by atoms with Crippen LogP contribution in [0.3, 0.4) is 0 Å². The maximum atomic E-state index is 12.1. The summed E-state index contributed by atoms with van der Waals surface area (Å²) in [6, 6.07) is 0.131. The summed E-state index contributed by atoms with van der Waals surface area (Å²) in [5.41, 5.74) is 1.96. The maximum Gasteiger partial charge on any atom is 0.236 e. The maximum absolute atomic E-state index is 12.1. The van der Waals surface area contributed by atoms with Crippen molar-refractivity contribution in [1.29, 1.82) is 0 Å². The van der Waals surface area contributed by atoms with Gasteiger partial charge in [0.05, 0.1) is 37.2 Å². The molecule has 1 aliphatic heterocycles. The van der Waals surface area contributed by atoms with Crippen LogP contribution in [0.1, 0.15) is 17.8 Å². The fourth-order valence-electron chi connectivity index (χ4n) is 2.46. The Hall–Kier alpha value is -1.53. The van der Waals surface area contributed by atoms with Crippen LogP contribution in [0.5, 0.6) is 0 Å². The van der Waals surface area contributed by atoms with Gasteiger partial charge in [0.2, 0.25) is 5.91 Å². The number of amides is 1. The number of hydrogen-bond acceptors (Lipinski definition) is 5. The van der Waals surface area contributed by atoms with E-state index in [0.717, 1.165) is 24.2 Å². The highest BCUT2D eigenvalue weighted by atomic mass is 16.5. The van der Waals surface area contributed by atoms with Crippen molar-refractivity contribution in [1.82, 2.24) is 20.2 Å². The highest BCUT2D eigenvalue weighted by molar-refractivity contribution is 5.78. The fourth-order valence-corrected chi connectivity index (χ4v) is 2.46. The lowest BCUT2D eigenvalue weighted by atomic mass is 10.1. The van der Waals surface area contributed by atoms with Crippen molar-refractivity contribution in [3.8, 4) is 0 Å². The van der Waals surface area contributed by atoms with Gasteiger partial charge in [-0.25, -0.2) is 0 Å². The molecule has 0 saturated carbocycles. The van der Waals surface area contributed by atoms with Gasteiger partial charge < -0.3 is 15.0 Å². The lowest BCUT2D eigenvalue weighted by molar-refractivity contribution is -0.139. The lowest BCUT2D eigenvalue weighted by Crippen LogP contribution is -2.51. The molecule has 20 heavy (non-hydrogen) atoms. The highest BCUT2D eigenvalue weighted by Crippen LogP contribution is 2.14. The summed E-state index contributed by atoms with van der Waals surface area (Å²) in [5, 5.41) is 2.91. The first kappa shape index (κ1) is 14.9. The van der Waals surface area contributed by atoms with E-state index >= 15 is 0 Å². The third kappa shape index (κ3) is 3.74. The number of aromatic nitrogens is 2. The molecule has 1 aromatic rings. The van der Waals surface area contributed by atoms with Crippen LogP contribution in [0, 0.1) is 6.92 Å². The molecule has 1 fully saturated rings. The predicted molar refractivity (Wildman–Crippen MR) is 75.3 cm³/mol. The van der Waals surface area contributed by atoms with Gasteiger partial charge in [-0.05, 0) is 26.8 Å². The minimum Gasteiger partial charge on any atom is -0.377 e. The molecule has 0 aromatic carbocycles. The summed E-state index contributed by atoms with van der Waals surface area (Å²) in [4.78, 5) is 22.6. The van der Waals surface area contributed by atoms with Gasteiger partial charge in [0.1, 0.15) is 0 Å². The number of ether oxygens (including phenoxy) is 1. The minimum atomic E-state index is 0.131. The molecule has 1 saturated heterocycles. The number of likely N-dealkylation sites (N-methyl/N-ethyl adjacent to an activating group) is 1. The van der Waals surface area contributed by atoms with Gasteiger partial charge in [-0.15, -0.1) is 0 Å². The average Bonchev–Trinajstić information content (AvgIpc) is 2.47. The Bertz CT molecular complexity index is 453. The van der Waals surface area contributed by atoms with Crippen molar-refractivity contribution in [3.63, 3.8) is 0 Å². The van der Waals surface area contributed by atoms with Gasteiger partial charge in [0.15, 0.2) is 0 Å². The Kier molecular flexibility index (Phi) is 5.43. The molecule has 0 aliphatic carbocycles. The zero-order valence-corrected chi connectivity index (χ0v) is 12.1. The summed E-state index contributed by atoms with van der Waals surface area (Å²) in [7, 11) is 1.79. The largest absolute Gasteiger partial charge is 0.377 e. The molecule has 1 N–H and O–H groups in total. The second-order valence-electron chi connectivity index (χ2n) is 4.97. The van der Waals surface area contributed by atoms with Gasteiger partial charge in [0, 0.05) is 18.9 Å². The number of morpholine rings is 1. The molecular formula is C14H22N4O2. The predicted octanol–water partition coefficient (Wildman–Crippen LogP) is 0.164. The van der Waals surface area contributed by atoms with Crippen LogP contribution in [0.25, 0.3) is 0 Å². The molecule has 1 amide bonds. The molecule has 6 nitrogen and oxygen atoms in total. The van der Waals surface area contributed by atoms with E-state index in [1.165, 1.54) is 0 Å². The Morgan fingerprint density at radius 3 is 3.05 bits per heavy atom. The second-order valence-corrected chi connectivity index (χ2v) is 4.97. The molecule has 6 heteroatoms. The van der Waals surface area contributed by atoms with Crippen LogP contribution < -0.4 is 5.32 Å². The Balaban J connectivity index is 1.95. The van der Waals surface area contributed by atoms with Crippen molar-refractivity contribution < 1.29 is 9.53 Å². The molecule has 0 bridgehead atoms. The smallest absolute Gasteiger partial charge is 0.236 e. The number of carbonyl (C=O) groups is 1. The van der Waals surface area contributed by atoms with E-state index in [0.29, 0.717) is 26.3 Å². The monoisotopic (exact) mass is 278 g/mol. The second kappa shape index (κ2) is 7.31. The van der Waals surface area contributed by atoms with Crippen molar-refractivity contribution in [3.05, 3.63) is 23.8 Å². The summed E-state index contributed by atoms with van der Waals surface area (Å²) >= 11 is 0. The van der Waals surface area contributed by atoms with Crippen LogP contribution >= 0.6 is 0 Å². The van der Waals surface area contributed by atoms with E-state index in [1.807, 2.05) is 11.8 Å². The zero-order chi connectivity index (χ0) is 14.4.